The summed E-state index contributed by atoms with van der Waals surface area (Å²) >= 11 is 0. The van der Waals surface area contributed by atoms with Gasteiger partial charge in [0, 0.05) is 11.4 Å². The van der Waals surface area contributed by atoms with E-state index in [0.29, 0.717) is 16.5 Å². The molecule has 3 aromatic rings. The number of fused-ring (bicyclic) bond motifs is 1. The number of nitrogens with one attached hydrogen (secondary N) is 1. The summed E-state index contributed by atoms with van der Waals surface area (Å²) in [6.45, 7) is 1.54. The van der Waals surface area contributed by atoms with Gasteiger partial charge in [0.15, 0.2) is 11.8 Å². The van der Waals surface area contributed by atoms with E-state index < -0.39 is 12.1 Å². The van der Waals surface area contributed by atoms with E-state index in [9.17, 15) is 14.4 Å². The molecule has 1 aliphatic carbocycles. The molecule has 7 heteroatoms. The maximum atomic E-state index is 12.9. The highest BCUT2D eigenvalue weighted by atomic mass is 16.5. The standard InChI is InChI=1S/C23H23N3O4/c1-15(21(27)24-16-9-5-6-10-16)30-23(29)20-18-13-7-8-14-19(18)22(28)26(25-20)17-11-3-2-4-12-17/h2-4,7-8,11-16H,5-6,9-10H2,1H3,(H,24,27). The topological polar surface area (TPSA) is 90.3 Å². The van der Waals surface area contributed by atoms with Gasteiger partial charge in [-0.2, -0.15) is 9.78 Å². The number of carbonyl (C=O) groups is 2. The van der Waals surface area contributed by atoms with E-state index in [-0.39, 0.29) is 23.2 Å². The van der Waals surface area contributed by atoms with E-state index in [1.54, 1.807) is 48.5 Å². The summed E-state index contributed by atoms with van der Waals surface area (Å²) in [7, 11) is 0. The molecule has 1 N–H and O–H groups in total. The molecule has 1 atom stereocenters. The second-order valence-electron chi connectivity index (χ2n) is 7.48. The van der Waals surface area contributed by atoms with Crippen LogP contribution in [0.3, 0.4) is 0 Å². The normalized spacial score (nSPS) is 15.1. The van der Waals surface area contributed by atoms with Crippen molar-refractivity contribution in [2.45, 2.75) is 44.8 Å². The van der Waals surface area contributed by atoms with Crippen molar-refractivity contribution in [3.63, 3.8) is 0 Å². The number of esters is 1. The summed E-state index contributed by atoms with van der Waals surface area (Å²) in [6.07, 6.45) is 3.11. The van der Waals surface area contributed by atoms with Gasteiger partial charge in [0.2, 0.25) is 0 Å². The molecule has 0 bridgehead atoms. The Morgan fingerprint density at radius 3 is 2.37 bits per heavy atom. The van der Waals surface area contributed by atoms with Crippen molar-refractivity contribution < 1.29 is 14.3 Å². The third kappa shape index (κ3) is 3.96. The second kappa shape index (κ2) is 8.49. The van der Waals surface area contributed by atoms with Gasteiger partial charge in [0.25, 0.3) is 11.5 Å². The van der Waals surface area contributed by atoms with Crippen LogP contribution in [-0.2, 0) is 9.53 Å². The van der Waals surface area contributed by atoms with Crippen LogP contribution in [0.5, 0.6) is 0 Å². The molecule has 2 aromatic carbocycles. The highest BCUT2D eigenvalue weighted by Crippen LogP contribution is 2.19. The average Bonchev–Trinajstić information content (AvgIpc) is 3.27. The van der Waals surface area contributed by atoms with Crippen molar-refractivity contribution in [1.82, 2.24) is 15.1 Å². The van der Waals surface area contributed by atoms with Crippen molar-refractivity contribution in [2.24, 2.45) is 0 Å². The first kappa shape index (κ1) is 19.8. The molecular formula is C23H23N3O4. The van der Waals surface area contributed by atoms with Crippen molar-refractivity contribution in [2.75, 3.05) is 0 Å². The monoisotopic (exact) mass is 405 g/mol. The molecule has 30 heavy (non-hydrogen) atoms. The fraction of sp³-hybridized carbons (Fsp3) is 0.304. The van der Waals surface area contributed by atoms with Gasteiger partial charge in [0.1, 0.15) is 0 Å². The molecule has 0 saturated heterocycles. The van der Waals surface area contributed by atoms with Crippen molar-refractivity contribution in [3.8, 4) is 5.69 Å². The van der Waals surface area contributed by atoms with Gasteiger partial charge in [-0.05, 0) is 38.0 Å². The molecule has 1 heterocycles. The third-order valence-corrected chi connectivity index (χ3v) is 5.35. The number of hydrogen-bond donors (Lipinski definition) is 1. The number of rotatable bonds is 5. The number of amides is 1. The first-order valence-corrected chi connectivity index (χ1v) is 10.1. The van der Waals surface area contributed by atoms with Crippen LogP contribution in [0.4, 0.5) is 0 Å². The lowest BCUT2D eigenvalue weighted by atomic mass is 10.1. The quantitative estimate of drug-likeness (QED) is 0.659. The Bertz CT molecular complexity index is 1130. The Kier molecular flexibility index (Phi) is 5.61. The van der Waals surface area contributed by atoms with E-state index in [2.05, 4.69) is 10.4 Å². The van der Waals surface area contributed by atoms with Gasteiger partial charge in [-0.1, -0.05) is 49.2 Å². The minimum atomic E-state index is -0.962. The molecule has 1 aromatic heterocycles. The van der Waals surface area contributed by atoms with Gasteiger partial charge in [-0.3, -0.25) is 9.59 Å². The molecule has 0 spiro atoms. The lowest BCUT2D eigenvalue weighted by Gasteiger charge is -2.17. The number of aromatic nitrogens is 2. The largest absolute Gasteiger partial charge is 0.448 e. The Balaban J connectivity index is 1.65. The van der Waals surface area contributed by atoms with Crippen LogP contribution in [0.25, 0.3) is 16.5 Å². The van der Waals surface area contributed by atoms with Gasteiger partial charge in [-0.25, -0.2) is 4.79 Å². The number of nitrogens with zero attached hydrogens (tertiary/aromatic N) is 2. The number of carbonyl (C=O) groups excluding carboxylic acids is 2. The van der Waals surface area contributed by atoms with Crippen LogP contribution < -0.4 is 10.9 Å². The second-order valence-corrected chi connectivity index (χ2v) is 7.48. The average molecular weight is 405 g/mol. The molecule has 1 amide bonds. The fourth-order valence-corrected chi connectivity index (χ4v) is 3.74. The Morgan fingerprint density at radius 2 is 1.67 bits per heavy atom. The zero-order valence-electron chi connectivity index (χ0n) is 16.7. The van der Waals surface area contributed by atoms with Gasteiger partial charge < -0.3 is 10.1 Å². The lowest BCUT2D eigenvalue weighted by molar-refractivity contribution is -0.129. The first-order chi connectivity index (χ1) is 14.5. The van der Waals surface area contributed by atoms with Crippen molar-refractivity contribution >= 4 is 22.6 Å². The minimum Gasteiger partial charge on any atom is -0.448 e. The molecule has 154 valence electrons. The van der Waals surface area contributed by atoms with Crippen LogP contribution in [-0.4, -0.2) is 33.8 Å². The Labute approximate surface area is 173 Å². The van der Waals surface area contributed by atoms with Crippen LogP contribution in [0.2, 0.25) is 0 Å². The SMILES string of the molecule is CC(OC(=O)c1nn(-c2ccccc2)c(=O)c2ccccc12)C(=O)NC1CCCC1. The number of hydrogen-bond acceptors (Lipinski definition) is 5. The highest BCUT2D eigenvalue weighted by molar-refractivity contribution is 6.03. The number of ether oxygens (including phenoxy) is 1. The zero-order chi connectivity index (χ0) is 21.1. The molecule has 0 aliphatic heterocycles. The molecule has 7 nitrogen and oxygen atoms in total. The van der Waals surface area contributed by atoms with E-state index in [1.807, 2.05) is 6.07 Å². The molecule has 1 saturated carbocycles. The van der Waals surface area contributed by atoms with Crippen molar-refractivity contribution in [3.05, 3.63) is 70.6 Å². The summed E-state index contributed by atoms with van der Waals surface area (Å²) < 4.78 is 6.60. The molecule has 0 radical (unpaired) electrons. The summed E-state index contributed by atoms with van der Waals surface area (Å²) in [5.74, 6) is -1.07. The van der Waals surface area contributed by atoms with Crippen LogP contribution >= 0.6 is 0 Å². The molecule has 4 rings (SSSR count). The fourth-order valence-electron chi connectivity index (χ4n) is 3.74. The predicted molar refractivity (Wildman–Crippen MR) is 113 cm³/mol. The van der Waals surface area contributed by atoms with E-state index >= 15 is 0 Å². The highest BCUT2D eigenvalue weighted by Gasteiger charge is 2.26. The molecule has 1 fully saturated rings. The lowest BCUT2D eigenvalue weighted by Crippen LogP contribution is -2.41. The van der Waals surface area contributed by atoms with Crippen molar-refractivity contribution in [1.29, 1.82) is 0 Å². The van der Waals surface area contributed by atoms with E-state index in [4.69, 9.17) is 4.74 Å². The van der Waals surface area contributed by atoms with Gasteiger partial charge in [0.05, 0.1) is 11.1 Å². The predicted octanol–water partition coefficient (Wildman–Crippen LogP) is 2.99. The van der Waals surface area contributed by atoms with E-state index in [0.717, 1.165) is 25.7 Å². The summed E-state index contributed by atoms with van der Waals surface area (Å²) in [4.78, 5) is 38.2. The first-order valence-electron chi connectivity index (χ1n) is 10.1. The maximum Gasteiger partial charge on any atom is 0.360 e. The molecule has 1 unspecified atom stereocenters. The van der Waals surface area contributed by atoms with Gasteiger partial charge in [-0.15, -0.1) is 0 Å². The third-order valence-electron chi connectivity index (χ3n) is 5.35. The van der Waals surface area contributed by atoms with Crippen LogP contribution in [0.15, 0.2) is 59.4 Å². The Morgan fingerprint density at radius 1 is 1.03 bits per heavy atom. The number of para-hydroxylation sites is 1. The van der Waals surface area contributed by atoms with Gasteiger partial charge >= 0.3 is 5.97 Å². The van der Waals surface area contributed by atoms with Crippen LogP contribution in [0.1, 0.15) is 43.1 Å². The summed E-state index contributed by atoms with van der Waals surface area (Å²) in [5.41, 5.74) is 0.198. The molecular weight excluding hydrogens is 382 g/mol. The van der Waals surface area contributed by atoms with E-state index in [1.165, 1.54) is 11.6 Å². The summed E-state index contributed by atoms with van der Waals surface area (Å²) in [6, 6.07) is 15.7. The summed E-state index contributed by atoms with van der Waals surface area (Å²) in [5, 5.41) is 7.96. The smallest absolute Gasteiger partial charge is 0.360 e. The minimum absolute atomic E-state index is 0.00503. The number of benzene rings is 2. The maximum absolute atomic E-state index is 12.9. The zero-order valence-corrected chi connectivity index (χ0v) is 16.7. The van der Waals surface area contributed by atoms with Crippen LogP contribution in [0, 0.1) is 0 Å². The molecule has 1 aliphatic rings. The Hall–Kier alpha value is -3.48.